The van der Waals surface area contributed by atoms with E-state index in [0.717, 1.165) is 29.4 Å². The predicted molar refractivity (Wildman–Crippen MR) is 82.6 cm³/mol. The molecule has 0 spiro atoms. The van der Waals surface area contributed by atoms with Crippen LogP contribution in [-0.2, 0) is 13.1 Å². The van der Waals surface area contributed by atoms with Crippen molar-refractivity contribution in [1.29, 1.82) is 0 Å². The Bertz CT molecular complexity index is 535. The second-order valence-corrected chi connectivity index (χ2v) is 5.37. The lowest BCUT2D eigenvalue weighted by molar-refractivity contribution is 0.256. The molecule has 0 saturated carbocycles. The molecule has 0 atom stereocenters. The van der Waals surface area contributed by atoms with E-state index in [4.69, 9.17) is 13.9 Å². The van der Waals surface area contributed by atoms with E-state index in [-0.39, 0.29) is 0 Å². The summed E-state index contributed by atoms with van der Waals surface area (Å²) in [4.78, 5) is 0. The minimum Gasteiger partial charge on any atom is -0.493 e. The van der Waals surface area contributed by atoms with E-state index in [9.17, 15) is 0 Å². The van der Waals surface area contributed by atoms with Crippen LogP contribution in [-0.4, -0.2) is 13.7 Å². The first-order valence-electron chi connectivity index (χ1n) is 7.22. The average Bonchev–Trinajstić information content (AvgIpc) is 2.98. The van der Waals surface area contributed by atoms with E-state index in [2.05, 4.69) is 19.2 Å². The van der Waals surface area contributed by atoms with Gasteiger partial charge in [-0.15, -0.1) is 0 Å². The highest BCUT2D eigenvalue weighted by atomic mass is 16.5. The number of furan rings is 1. The molecule has 1 aromatic heterocycles. The number of rotatable bonds is 8. The van der Waals surface area contributed by atoms with Gasteiger partial charge < -0.3 is 19.2 Å². The van der Waals surface area contributed by atoms with Gasteiger partial charge in [0.05, 0.1) is 26.5 Å². The maximum absolute atomic E-state index is 5.75. The molecule has 114 valence electrons. The molecular weight excluding hydrogens is 266 g/mol. The fourth-order valence-corrected chi connectivity index (χ4v) is 1.94. The van der Waals surface area contributed by atoms with Gasteiger partial charge in [0.2, 0.25) is 0 Å². The summed E-state index contributed by atoms with van der Waals surface area (Å²) in [6.45, 7) is 6.40. The lowest BCUT2D eigenvalue weighted by atomic mass is 10.2. The zero-order valence-electron chi connectivity index (χ0n) is 12.9. The van der Waals surface area contributed by atoms with E-state index in [0.29, 0.717) is 19.1 Å². The fraction of sp³-hybridized carbons (Fsp3) is 0.412. The van der Waals surface area contributed by atoms with Crippen LogP contribution >= 0.6 is 0 Å². The van der Waals surface area contributed by atoms with E-state index < -0.39 is 0 Å². The summed E-state index contributed by atoms with van der Waals surface area (Å²) in [6, 6.07) is 9.86. The second kappa shape index (κ2) is 7.74. The van der Waals surface area contributed by atoms with E-state index >= 15 is 0 Å². The number of hydrogen-bond acceptors (Lipinski definition) is 4. The molecule has 0 amide bonds. The topological polar surface area (TPSA) is 43.6 Å². The normalized spacial score (nSPS) is 10.9. The summed E-state index contributed by atoms with van der Waals surface area (Å²) in [6.07, 6.45) is 1.68. The van der Waals surface area contributed by atoms with Gasteiger partial charge >= 0.3 is 0 Å². The quantitative estimate of drug-likeness (QED) is 0.806. The van der Waals surface area contributed by atoms with Gasteiger partial charge in [-0.05, 0) is 35.7 Å². The van der Waals surface area contributed by atoms with E-state index in [1.165, 1.54) is 0 Å². The van der Waals surface area contributed by atoms with Crippen LogP contribution in [0.15, 0.2) is 41.0 Å². The summed E-state index contributed by atoms with van der Waals surface area (Å²) in [5, 5.41) is 3.33. The zero-order chi connectivity index (χ0) is 15.1. The third-order valence-corrected chi connectivity index (χ3v) is 3.01. The Morgan fingerprint density at radius 2 is 2.00 bits per heavy atom. The standard InChI is InChI=1S/C17H23NO3/c1-13(2)12-21-16-7-6-14(9-17(16)19-3)10-18-11-15-5-4-8-20-15/h4-9,13,18H,10-12H2,1-3H3. The van der Waals surface area contributed by atoms with Gasteiger partial charge in [-0.1, -0.05) is 19.9 Å². The van der Waals surface area contributed by atoms with Crippen LogP contribution < -0.4 is 14.8 Å². The SMILES string of the molecule is COc1cc(CNCc2ccco2)ccc1OCC(C)C. The van der Waals surface area contributed by atoms with Gasteiger partial charge in [-0.2, -0.15) is 0 Å². The summed E-state index contributed by atoms with van der Waals surface area (Å²) < 4.78 is 16.4. The highest BCUT2D eigenvalue weighted by Gasteiger charge is 2.07. The van der Waals surface area contributed by atoms with Crippen LogP contribution in [0.2, 0.25) is 0 Å². The van der Waals surface area contributed by atoms with E-state index in [1.807, 2.05) is 30.3 Å². The smallest absolute Gasteiger partial charge is 0.161 e. The molecular formula is C17H23NO3. The summed E-state index contributed by atoms with van der Waals surface area (Å²) in [7, 11) is 1.66. The molecule has 0 unspecified atom stereocenters. The summed E-state index contributed by atoms with van der Waals surface area (Å²) in [5.41, 5.74) is 1.15. The Hall–Kier alpha value is -1.94. The van der Waals surface area contributed by atoms with Crippen molar-refractivity contribution in [3.05, 3.63) is 47.9 Å². The Balaban J connectivity index is 1.91. The number of ether oxygens (including phenoxy) is 2. The van der Waals surface area contributed by atoms with Gasteiger partial charge in [0, 0.05) is 6.54 Å². The van der Waals surface area contributed by atoms with Crippen LogP contribution in [0.3, 0.4) is 0 Å². The maximum atomic E-state index is 5.75. The first-order chi connectivity index (χ1) is 10.2. The van der Waals surface area contributed by atoms with Gasteiger partial charge in [0.15, 0.2) is 11.5 Å². The molecule has 0 radical (unpaired) electrons. The van der Waals surface area contributed by atoms with Gasteiger partial charge in [0.25, 0.3) is 0 Å². The molecule has 2 rings (SSSR count). The average molecular weight is 289 g/mol. The number of nitrogens with one attached hydrogen (secondary N) is 1. The molecule has 4 nitrogen and oxygen atoms in total. The molecule has 0 saturated heterocycles. The molecule has 0 aliphatic rings. The molecule has 0 aliphatic carbocycles. The third kappa shape index (κ3) is 4.83. The highest BCUT2D eigenvalue weighted by molar-refractivity contribution is 5.42. The molecule has 1 heterocycles. The number of hydrogen-bond donors (Lipinski definition) is 1. The monoisotopic (exact) mass is 289 g/mol. The minimum atomic E-state index is 0.490. The van der Waals surface area contributed by atoms with Crippen molar-refractivity contribution in [2.45, 2.75) is 26.9 Å². The molecule has 21 heavy (non-hydrogen) atoms. The molecule has 2 aromatic rings. The lowest BCUT2D eigenvalue weighted by Gasteiger charge is -2.13. The first-order valence-corrected chi connectivity index (χ1v) is 7.22. The number of methoxy groups -OCH3 is 1. The van der Waals surface area contributed by atoms with Crippen molar-refractivity contribution < 1.29 is 13.9 Å². The van der Waals surface area contributed by atoms with E-state index in [1.54, 1.807) is 13.4 Å². The Kier molecular flexibility index (Phi) is 5.69. The van der Waals surface area contributed by atoms with Crippen molar-refractivity contribution in [2.24, 2.45) is 5.92 Å². The third-order valence-electron chi connectivity index (χ3n) is 3.01. The van der Waals surface area contributed by atoms with Crippen molar-refractivity contribution >= 4 is 0 Å². The molecule has 1 aromatic carbocycles. The van der Waals surface area contributed by atoms with Gasteiger partial charge in [0.1, 0.15) is 5.76 Å². The van der Waals surface area contributed by atoms with Crippen LogP contribution in [0.4, 0.5) is 0 Å². The largest absolute Gasteiger partial charge is 0.493 e. The first kappa shape index (κ1) is 15.4. The van der Waals surface area contributed by atoms with Crippen LogP contribution in [0, 0.1) is 5.92 Å². The lowest BCUT2D eigenvalue weighted by Crippen LogP contribution is -2.12. The highest BCUT2D eigenvalue weighted by Crippen LogP contribution is 2.28. The van der Waals surface area contributed by atoms with Crippen molar-refractivity contribution in [1.82, 2.24) is 5.32 Å². The molecule has 1 N–H and O–H groups in total. The zero-order valence-corrected chi connectivity index (χ0v) is 12.9. The molecule has 4 heteroatoms. The predicted octanol–water partition coefficient (Wildman–Crippen LogP) is 3.61. The van der Waals surface area contributed by atoms with Gasteiger partial charge in [-0.3, -0.25) is 0 Å². The van der Waals surface area contributed by atoms with Crippen molar-refractivity contribution in [3.8, 4) is 11.5 Å². The molecule has 0 aliphatic heterocycles. The van der Waals surface area contributed by atoms with Crippen molar-refractivity contribution in [2.75, 3.05) is 13.7 Å². The Morgan fingerprint density at radius 1 is 1.14 bits per heavy atom. The summed E-state index contributed by atoms with van der Waals surface area (Å²) >= 11 is 0. The Morgan fingerprint density at radius 3 is 2.67 bits per heavy atom. The Labute approximate surface area is 126 Å². The van der Waals surface area contributed by atoms with Gasteiger partial charge in [-0.25, -0.2) is 0 Å². The summed E-state index contributed by atoms with van der Waals surface area (Å²) in [5.74, 6) is 2.98. The second-order valence-electron chi connectivity index (χ2n) is 5.37. The van der Waals surface area contributed by atoms with Crippen molar-refractivity contribution in [3.63, 3.8) is 0 Å². The fourth-order valence-electron chi connectivity index (χ4n) is 1.94. The van der Waals surface area contributed by atoms with Crippen LogP contribution in [0.25, 0.3) is 0 Å². The molecule has 0 bridgehead atoms. The van der Waals surface area contributed by atoms with Crippen LogP contribution in [0.1, 0.15) is 25.2 Å². The van der Waals surface area contributed by atoms with Crippen LogP contribution in [0.5, 0.6) is 11.5 Å². The minimum absolute atomic E-state index is 0.490. The maximum Gasteiger partial charge on any atom is 0.161 e. The molecule has 0 fully saturated rings. The number of benzene rings is 1.